The largest absolute Gasteiger partial charge is 0.306 e. The van der Waals surface area contributed by atoms with Gasteiger partial charge in [0.15, 0.2) is 0 Å². The van der Waals surface area contributed by atoms with Gasteiger partial charge in [0.1, 0.15) is 0 Å². The Kier molecular flexibility index (Phi) is 2.06. The molecule has 2 aliphatic rings. The highest BCUT2D eigenvalue weighted by molar-refractivity contribution is 7.99. The highest BCUT2D eigenvalue weighted by Gasteiger charge is 2.30. The van der Waals surface area contributed by atoms with Gasteiger partial charge in [-0.15, -0.1) is 11.8 Å². The first-order valence-corrected chi connectivity index (χ1v) is 6.31. The second-order valence-corrected chi connectivity index (χ2v) is 5.33. The van der Waals surface area contributed by atoms with Crippen molar-refractivity contribution in [2.45, 2.75) is 36.7 Å². The van der Waals surface area contributed by atoms with Crippen molar-refractivity contribution in [3.05, 3.63) is 29.3 Å². The smallest absolute Gasteiger partial charge is 0.0428 e. The minimum absolute atomic E-state index is 0.613. The highest BCUT2D eigenvalue weighted by Crippen LogP contribution is 2.41. The van der Waals surface area contributed by atoms with E-state index >= 15 is 0 Å². The molecule has 14 heavy (non-hydrogen) atoms. The molecule has 0 aromatic heterocycles. The van der Waals surface area contributed by atoms with Crippen LogP contribution in [0.4, 0.5) is 0 Å². The standard InChI is InChI=1S/C12H15NS/c1-8-3-2-4-10-11(7-14-12(8)10)13-9-5-6-9/h2-4,9,11,13H,5-7H2,1H3. The Bertz CT molecular complexity index is 357. The average Bonchev–Trinajstić information content (AvgIpc) is 2.88. The Morgan fingerprint density at radius 1 is 1.36 bits per heavy atom. The van der Waals surface area contributed by atoms with Crippen molar-refractivity contribution in [2.75, 3.05) is 5.75 Å². The molecular weight excluding hydrogens is 190 g/mol. The fraction of sp³-hybridized carbons (Fsp3) is 0.500. The lowest BCUT2D eigenvalue weighted by atomic mass is 10.1. The maximum absolute atomic E-state index is 3.72. The van der Waals surface area contributed by atoms with Crippen LogP contribution >= 0.6 is 11.8 Å². The summed E-state index contributed by atoms with van der Waals surface area (Å²) in [4.78, 5) is 1.52. The molecule has 1 nitrogen and oxygen atoms in total. The third kappa shape index (κ3) is 1.47. The van der Waals surface area contributed by atoms with Gasteiger partial charge in [0.2, 0.25) is 0 Å². The zero-order chi connectivity index (χ0) is 9.54. The molecule has 1 fully saturated rings. The molecule has 0 radical (unpaired) electrons. The zero-order valence-electron chi connectivity index (χ0n) is 8.42. The number of nitrogens with one attached hydrogen (secondary N) is 1. The van der Waals surface area contributed by atoms with Gasteiger partial charge >= 0.3 is 0 Å². The first kappa shape index (κ1) is 8.81. The van der Waals surface area contributed by atoms with E-state index in [9.17, 15) is 0 Å². The van der Waals surface area contributed by atoms with Gasteiger partial charge in [-0.2, -0.15) is 0 Å². The van der Waals surface area contributed by atoms with Gasteiger partial charge in [-0.25, -0.2) is 0 Å². The van der Waals surface area contributed by atoms with Crippen LogP contribution in [0.15, 0.2) is 23.1 Å². The quantitative estimate of drug-likeness (QED) is 0.796. The lowest BCUT2D eigenvalue weighted by Crippen LogP contribution is -2.23. The molecule has 1 atom stereocenters. The Labute approximate surface area is 89.3 Å². The second-order valence-electron chi connectivity index (χ2n) is 4.30. The summed E-state index contributed by atoms with van der Waals surface area (Å²) < 4.78 is 0. The van der Waals surface area contributed by atoms with Crippen LogP contribution < -0.4 is 5.32 Å². The van der Waals surface area contributed by atoms with Gasteiger partial charge in [-0.1, -0.05) is 18.2 Å². The van der Waals surface area contributed by atoms with E-state index in [-0.39, 0.29) is 0 Å². The number of rotatable bonds is 2. The minimum Gasteiger partial charge on any atom is -0.306 e. The van der Waals surface area contributed by atoms with E-state index in [1.807, 2.05) is 11.8 Å². The van der Waals surface area contributed by atoms with Crippen molar-refractivity contribution in [1.82, 2.24) is 5.32 Å². The molecule has 0 saturated heterocycles. The summed E-state index contributed by atoms with van der Waals surface area (Å²) >= 11 is 2.01. The van der Waals surface area contributed by atoms with Crippen molar-refractivity contribution < 1.29 is 0 Å². The van der Waals surface area contributed by atoms with E-state index in [2.05, 4.69) is 30.4 Å². The first-order valence-electron chi connectivity index (χ1n) is 5.33. The van der Waals surface area contributed by atoms with Crippen LogP contribution in [0, 0.1) is 6.92 Å². The Hall–Kier alpha value is -0.470. The van der Waals surface area contributed by atoms with Crippen molar-refractivity contribution >= 4 is 11.8 Å². The molecule has 0 amide bonds. The third-order valence-corrected chi connectivity index (χ3v) is 4.37. The van der Waals surface area contributed by atoms with E-state index in [4.69, 9.17) is 0 Å². The molecule has 1 heterocycles. The summed E-state index contributed by atoms with van der Waals surface area (Å²) in [6.45, 7) is 2.21. The molecule has 1 aliphatic carbocycles. The average molecular weight is 205 g/mol. The molecule has 1 aromatic carbocycles. The van der Waals surface area contributed by atoms with Gasteiger partial charge in [0.05, 0.1) is 0 Å². The van der Waals surface area contributed by atoms with Crippen LogP contribution in [-0.2, 0) is 0 Å². The Balaban J connectivity index is 1.89. The second kappa shape index (κ2) is 3.28. The maximum atomic E-state index is 3.72. The minimum atomic E-state index is 0.613. The van der Waals surface area contributed by atoms with E-state index in [1.54, 1.807) is 0 Å². The molecule has 2 heteroatoms. The molecule has 0 bridgehead atoms. The molecule has 1 unspecified atom stereocenters. The molecule has 74 valence electrons. The van der Waals surface area contributed by atoms with E-state index < -0.39 is 0 Å². The summed E-state index contributed by atoms with van der Waals surface area (Å²) in [5.41, 5.74) is 2.97. The van der Waals surface area contributed by atoms with Gasteiger partial charge in [0.25, 0.3) is 0 Å². The number of aryl methyl sites for hydroxylation is 1. The van der Waals surface area contributed by atoms with Crippen molar-refractivity contribution in [3.8, 4) is 0 Å². The number of fused-ring (bicyclic) bond motifs is 1. The fourth-order valence-electron chi connectivity index (χ4n) is 2.08. The monoisotopic (exact) mass is 205 g/mol. The zero-order valence-corrected chi connectivity index (χ0v) is 9.23. The van der Waals surface area contributed by atoms with Crippen molar-refractivity contribution in [3.63, 3.8) is 0 Å². The summed E-state index contributed by atoms with van der Waals surface area (Å²) in [7, 11) is 0. The van der Waals surface area contributed by atoms with Gasteiger partial charge < -0.3 is 5.32 Å². The number of thioether (sulfide) groups is 1. The number of benzene rings is 1. The molecule has 0 spiro atoms. The number of hydrogen-bond acceptors (Lipinski definition) is 2. The Morgan fingerprint density at radius 2 is 2.21 bits per heavy atom. The fourth-order valence-corrected chi connectivity index (χ4v) is 3.36. The molecule has 1 N–H and O–H groups in total. The third-order valence-electron chi connectivity index (χ3n) is 3.03. The predicted molar refractivity (Wildman–Crippen MR) is 60.8 cm³/mol. The lowest BCUT2D eigenvalue weighted by molar-refractivity contribution is 0.579. The molecule has 1 saturated carbocycles. The van der Waals surface area contributed by atoms with Crippen LogP contribution in [0.5, 0.6) is 0 Å². The Morgan fingerprint density at radius 3 is 3.00 bits per heavy atom. The maximum Gasteiger partial charge on any atom is 0.0428 e. The predicted octanol–water partition coefficient (Wildman–Crippen LogP) is 2.89. The van der Waals surface area contributed by atoms with Gasteiger partial charge in [-0.05, 0) is 30.9 Å². The van der Waals surface area contributed by atoms with E-state index in [1.165, 1.54) is 34.6 Å². The van der Waals surface area contributed by atoms with Gasteiger partial charge in [-0.3, -0.25) is 0 Å². The molecule has 3 rings (SSSR count). The van der Waals surface area contributed by atoms with Gasteiger partial charge in [0, 0.05) is 22.7 Å². The SMILES string of the molecule is Cc1cccc2c1SCC2NC1CC1. The molecule has 1 aliphatic heterocycles. The normalized spacial score (nSPS) is 25.1. The van der Waals surface area contributed by atoms with Crippen LogP contribution in [0.2, 0.25) is 0 Å². The summed E-state index contributed by atoms with van der Waals surface area (Å²) in [5.74, 6) is 1.22. The number of hydrogen-bond donors (Lipinski definition) is 1. The van der Waals surface area contributed by atoms with E-state index in [0.29, 0.717) is 6.04 Å². The summed E-state index contributed by atoms with van der Waals surface area (Å²) in [5, 5.41) is 3.72. The van der Waals surface area contributed by atoms with E-state index in [0.717, 1.165) is 6.04 Å². The topological polar surface area (TPSA) is 12.0 Å². The van der Waals surface area contributed by atoms with Crippen molar-refractivity contribution in [1.29, 1.82) is 0 Å². The van der Waals surface area contributed by atoms with Crippen LogP contribution in [-0.4, -0.2) is 11.8 Å². The molecular formula is C12H15NS. The highest BCUT2D eigenvalue weighted by atomic mass is 32.2. The van der Waals surface area contributed by atoms with Crippen LogP contribution in [0.25, 0.3) is 0 Å². The van der Waals surface area contributed by atoms with Crippen molar-refractivity contribution in [2.24, 2.45) is 0 Å². The summed E-state index contributed by atoms with van der Waals surface area (Å²) in [6.07, 6.45) is 2.75. The van der Waals surface area contributed by atoms with Crippen LogP contribution in [0.1, 0.15) is 30.0 Å². The first-order chi connectivity index (χ1) is 6.84. The van der Waals surface area contributed by atoms with Crippen LogP contribution in [0.3, 0.4) is 0 Å². The lowest BCUT2D eigenvalue weighted by Gasteiger charge is -2.12. The molecule has 1 aromatic rings. The summed E-state index contributed by atoms with van der Waals surface area (Å²) in [6, 6.07) is 8.10.